The maximum absolute atomic E-state index is 11.5. The van der Waals surface area contributed by atoms with Crippen LogP contribution in [0.4, 0.5) is 0 Å². The van der Waals surface area contributed by atoms with Crippen LogP contribution in [0.1, 0.15) is 36.2 Å². The third-order valence-corrected chi connectivity index (χ3v) is 3.39. The Morgan fingerprint density at radius 2 is 2.12 bits per heavy atom. The average Bonchev–Trinajstić information content (AvgIpc) is 2.27. The molecule has 0 atom stereocenters. The van der Waals surface area contributed by atoms with Gasteiger partial charge in [0.15, 0.2) is 0 Å². The lowest BCUT2D eigenvalue weighted by molar-refractivity contribution is 0.0599. The predicted octanol–water partition coefficient (Wildman–Crippen LogP) is 3.67. The van der Waals surface area contributed by atoms with E-state index in [-0.39, 0.29) is 5.97 Å². The molecular formula is C13H17IO2. The zero-order valence-corrected chi connectivity index (χ0v) is 12.1. The molecular weight excluding hydrogens is 315 g/mol. The molecule has 1 aromatic rings. The number of esters is 1. The third-order valence-electron chi connectivity index (χ3n) is 2.45. The maximum Gasteiger partial charge on any atom is 0.338 e. The Balaban J connectivity index is 2.85. The van der Waals surface area contributed by atoms with Gasteiger partial charge in [0.1, 0.15) is 0 Å². The van der Waals surface area contributed by atoms with Gasteiger partial charge in [-0.1, -0.05) is 19.9 Å². The van der Waals surface area contributed by atoms with Gasteiger partial charge in [0, 0.05) is 3.57 Å². The van der Waals surface area contributed by atoms with Crippen LogP contribution >= 0.6 is 22.6 Å². The minimum Gasteiger partial charge on any atom is -0.465 e. The van der Waals surface area contributed by atoms with E-state index in [2.05, 4.69) is 42.5 Å². The van der Waals surface area contributed by atoms with Crippen LogP contribution in [0.15, 0.2) is 18.2 Å². The van der Waals surface area contributed by atoms with Gasteiger partial charge in [0.25, 0.3) is 0 Å². The summed E-state index contributed by atoms with van der Waals surface area (Å²) in [7, 11) is 1.42. The van der Waals surface area contributed by atoms with Crippen molar-refractivity contribution in [2.24, 2.45) is 5.92 Å². The molecule has 0 aromatic heterocycles. The summed E-state index contributed by atoms with van der Waals surface area (Å²) >= 11 is 2.16. The number of methoxy groups -OCH3 is 1. The molecule has 3 heteroatoms. The smallest absolute Gasteiger partial charge is 0.338 e. The Hall–Kier alpha value is -0.580. The Morgan fingerprint density at radius 3 is 2.69 bits per heavy atom. The van der Waals surface area contributed by atoms with Gasteiger partial charge >= 0.3 is 5.97 Å². The molecule has 1 rings (SSSR count). The fourth-order valence-electron chi connectivity index (χ4n) is 1.45. The Labute approximate surface area is 111 Å². The van der Waals surface area contributed by atoms with Crippen molar-refractivity contribution in [1.29, 1.82) is 0 Å². The second-order valence-corrected chi connectivity index (χ2v) is 5.40. The fraction of sp³-hybridized carbons (Fsp3) is 0.462. The average molecular weight is 332 g/mol. The molecule has 0 amide bonds. The number of hydrogen-bond donors (Lipinski definition) is 0. The molecule has 0 spiro atoms. The number of carbonyl (C=O) groups is 1. The fourth-order valence-corrected chi connectivity index (χ4v) is 2.01. The van der Waals surface area contributed by atoms with E-state index in [9.17, 15) is 4.79 Å². The molecule has 0 N–H and O–H groups in total. The van der Waals surface area contributed by atoms with Crippen LogP contribution in [0, 0.1) is 9.49 Å². The lowest BCUT2D eigenvalue weighted by Gasteiger charge is -2.08. The summed E-state index contributed by atoms with van der Waals surface area (Å²) in [6, 6.07) is 6.00. The first-order valence-electron chi connectivity index (χ1n) is 5.41. The second-order valence-electron chi connectivity index (χ2n) is 4.24. The van der Waals surface area contributed by atoms with Crippen molar-refractivity contribution in [3.63, 3.8) is 0 Å². The van der Waals surface area contributed by atoms with Gasteiger partial charge in [-0.2, -0.15) is 0 Å². The molecule has 0 fully saturated rings. The molecule has 0 unspecified atom stereocenters. The number of hydrogen-bond acceptors (Lipinski definition) is 2. The van der Waals surface area contributed by atoms with Crippen LogP contribution in [0.25, 0.3) is 0 Å². The van der Waals surface area contributed by atoms with E-state index in [1.165, 1.54) is 12.7 Å². The summed E-state index contributed by atoms with van der Waals surface area (Å²) in [5.74, 6) is 0.427. The van der Waals surface area contributed by atoms with Crippen molar-refractivity contribution in [1.82, 2.24) is 0 Å². The highest BCUT2D eigenvalue weighted by molar-refractivity contribution is 14.1. The zero-order valence-electron chi connectivity index (χ0n) is 9.92. The van der Waals surface area contributed by atoms with Gasteiger partial charge in [-0.15, -0.1) is 0 Å². The van der Waals surface area contributed by atoms with Crippen LogP contribution in [-0.2, 0) is 11.2 Å². The quantitative estimate of drug-likeness (QED) is 0.621. The summed E-state index contributed by atoms with van der Waals surface area (Å²) in [4.78, 5) is 11.5. The minimum atomic E-state index is -0.254. The number of benzene rings is 1. The SMILES string of the molecule is COC(=O)c1cc(CCC(C)C)ccc1I. The van der Waals surface area contributed by atoms with Gasteiger partial charge in [-0.25, -0.2) is 4.79 Å². The van der Waals surface area contributed by atoms with Crippen molar-refractivity contribution < 1.29 is 9.53 Å². The van der Waals surface area contributed by atoms with Gasteiger partial charge in [0.05, 0.1) is 12.7 Å². The first-order valence-corrected chi connectivity index (χ1v) is 6.49. The third kappa shape index (κ3) is 3.77. The summed E-state index contributed by atoms with van der Waals surface area (Å²) in [6.07, 6.45) is 2.15. The van der Waals surface area contributed by atoms with Crippen molar-refractivity contribution in [3.05, 3.63) is 32.9 Å². The Kier molecular flexibility index (Phi) is 5.25. The van der Waals surface area contributed by atoms with Crippen molar-refractivity contribution >= 4 is 28.6 Å². The van der Waals surface area contributed by atoms with Crippen molar-refractivity contribution in [2.75, 3.05) is 7.11 Å². The zero-order chi connectivity index (χ0) is 12.1. The van der Waals surface area contributed by atoms with Crippen LogP contribution in [0.2, 0.25) is 0 Å². The highest BCUT2D eigenvalue weighted by atomic mass is 127. The molecule has 0 aliphatic rings. The molecule has 0 saturated carbocycles. The first-order chi connectivity index (χ1) is 7.54. The van der Waals surface area contributed by atoms with Crippen LogP contribution < -0.4 is 0 Å². The van der Waals surface area contributed by atoms with Gasteiger partial charge < -0.3 is 4.74 Å². The van der Waals surface area contributed by atoms with Gasteiger partial charge in [0.2, 0.25) is 0 Å². The molecule has 0 radical (unpaired) electrons. The summed E-state index contributed by atoms with van der Waals surface area (Å²) < 4.78 is 5.70. The number of rotatable bonds is 4. The Bertz CT molecular complexity index is 372. The van der Waals surface area contributed by atoms with E-state index in [1.54, 1.807) is 0 Å². The van der Waals surface area contributed by atoms with E-state index in [0.29, 0.717) is 11.5 Å². The number of carbonyl (C=O) groups excluding carboxylic acids is 1. The van der Waals surface area contributed by atoms with Crippen molar-refractivity contribution in [3.8, 4) is 0 Å². The Morgan fingerprint density at radius 1 is 1.44 bits per heavy atom. The van der Waals surface area contributed by atoms with Crippen LogP contribution in [0.5, 0.6) is 0 Å². The largest absolute Gasteiger partial charge is 0.465 e. The van der Waals surface area contributed by atoms with E-state index in [1.807, 2.05) is 12.1 Å². The molecule has 2 nitrogen and oxygen atoms in total. The lowest BCUT2D eigenvalue weighted by Crippen LogP contribution is -2.05. The van der Waals surface area contributed by atoms with E-state index in [0.717, 1.165) is 16.4 Å². The monoisotopic (exact) mass is 332 g/mol. The number of aryl methyl sites for hydroxylation is 1. The summed E-state index contributed by atoms with van der Waals surface area (Å²) in [5, 5.41) is 0. The van der Waals surface area contributed by atoms with E-state index >= 15 is 0 Å². The highest BCUT2D eigenvalue weighted by Crippen LogP contribution is 2.17. The number of halogens is 1. The molecule has 16 heavy (non-hydrogen) atoms. The summed E-state index contributed by atoms with van der Waals surface area (Å²) in [6.45, 7) is 4.40. The lowest BCUT2D eigenvalue weighted by atomic mass is 10.0. The standard InChI is InChI=1S/C13H17IO2/c1-9(2)4-5-10-6-7-12(14)11(8-10)13(15)16-3/h6-9H,4-5H2,1-3H3. The summed E-state index contributed by atoms with van der Waals surface area (Å²) in [5.41, 5.74) is 1.87. The van der Waals surface area contributed by atoms with Crippen molar-refractivity contribution in [2.45, 2.75) is 26.7 Å². The van der Waals surface area contributed by atoms with E-state index in [4.69, 9.17) is 4.74 Å². The number of ether oxygens (including phenoxy) is 1. The normalized spacial score (nSPS) is 10.6. The molecule has 0 heterocycles. The highest BCUT2D eigenvalue weighted by Gasteiger charge is 2.10. The van der Waals surface area contributed by atoms with Gasteiger partial charge in [-0.05, 0) is 59.0 Å². The van der Waals surface area contributed by atoms with Crippen LogP contribution in [0.3, 0.4) is 0 Å². The first kappa shape index (κ1) is 13.5. The van der Waals surface area contributed by atoms with E-state index < -0.39 is 0 Å². The van der Waals surface area contributed by atoms with Crippen LogP contribution in [-0.4, -0.2) is 13.1 Å². The van der Waals surface area contributed by atoms with Gasteiger partial charge in [-0.3, -0.25) is 0 Å². The second kappa shape index (κ2) is 6.23. The maximum atomic E-state index is 11.5. The minimum absolute atomic E-state index is 0.254. The molecule has 0 aliphatic carbocycles. The predicted molar refractivity (Wildman–Crippen MR) is 73.7 cm³/mol. The molecule has 88 valence electrons. The molecule has 0 aliphatic heterocycles. The molecule has 1 aromatic carbocycles. The molecule has 0 bridgehead atoms. The topological polar surface area (TPSA) is 26.3 Å². The molecule has 0 saturated heterocycles.